The minimum absolute atomic E-state index is 0.0668. The Morgan fingerprint density at radius 2 is 1.66 bits per heavy atom. The molecule has 1 aliphatic heterocycles. The third kappa shape index (κ3) is 7.65. The van der Waals surface area contributed by atoms with Crippen molar-refractivity contribution in [2.75, 3.05) is 32.3 Å². The molecule has 4 rings (SSSR count). The van der Waals surface area contributed by atoms with E-state index in [-0.39, 0.29) is 10.8 Å². The van der Waals surface area contributed by atoms with Crippen molar-refractivity contribution in [1.29, 1.82) is 0 Å². The normalized spacial score (nSPS) is 18.7. The molecule has 3 aromatic rings. The molecule has 4 nitrogen and oxygen atoms in total. The van der Waals surface area contributed by atoms with Crippen LogP contribution in [-0.4, -0.2) is 31.6 Å². The Bertz CT molecular complexity index is 1330. The van der Waals surface area contributed by atoms with Gasteiger partial charge in [0.15, 0.2) is 0 Å². The van der Waals surface area contributed by atoms with E-state index in [2.05, 4.69) is 116 Å². The number of hydrogen-bond donors (Lipinski definition) is 1. The number of piperidine rings is 1. The fraction of sp³-hybridized carbons (Fsp3) is 0.389. The number of rotatable bonds is 10. The van der Waals surface area contributed by atoms with E-state index in [1.807, 2.05) is 31.1 Å². The molecule has 1 fully saturated rings. The molecule has 1 atom stereocenters. The molecule has 1 saturated heterocycles. The highest BCUT2D eigenvalue weighted by Crippen LogP contribution is 2.46. The van der Waals surface area contributed by atoms with Crippen molar-refractivity contribution in [2.24, 2.45) is 5.41 Å². The average Bonchev–Trinajstić information content (AvgIpc) is 2.96. The quantitative estimate of drug-likeness (QED) is 0.150. The van der Waals surface area contributed by atoms with E-state index < -0.39 is 0 Å². The number of ether oxygens (including phenoxy) is 1. The van der Waals surface area contributed by atoms with E-state index in [1.165, 1.54) is 32.9 Å². The first-order valence-corrected chi connectivity index (χ1v) is 15.4. The lowest BCUT2D eigenvalue weighted by Crippen LogP contribution is -2.43. The van der Waals surface area contributed by atoms with Gasteiger partial charge in [-0.3, -0.25) is 5.01 Å². The molecule has 0 aromatic heterocycles. The first-order valence-electron chi connectivity index (χ1n) is 14.6. The highest BCUT2D eigenvalue weighted by Gasteiger charge is 2.39. The molecule has 0 aliphatic carbocycles. The van der Waals surface area contributed by atoms with Gasteiger partial charge in [0.05, 0.1) is 12.8 Å². The number of hydrazine groups is 1. The largest absolute Gasteiger partial charge is 0.497 e. The van der Waals surface area contributed by atoms with Crippen LogP contribution < -0.4 is 15.2 Å². The zero-order valence-corrected chi connectivity index (χ0v) is 26.8. The molecule has 0 saturated carbocycles. The summed E-state index contributed by atoms with van der Waals surface area (Å²) in [6.07, 6.45) is 2.92. The van der Waals surface area contributed by atoms with Gasteiger partial charge in [-0.15, -0.1) is 0 Å². The summed E-state index contributed by atoms with van der Waals surface area (Å²) >= 11 is 1.89. The van der Waals surface area contributed by atoms with Gasteiger partial charge in [-0.05, 0) is 98.0 Å². The summed E-state index contributed by atoms with van der Waals surface area (Å²) in [7, 11) is 3.68. The van der Waals surface area contributed by atoms with Crippen molar-refractivity contribution in [1.82, 2.24) is 9.73 Å². The number of hydrogen-bond acceptors (Lipinski definition) is 5. The maximum atomic E-state index is 5.38. The molecule has 0 bridgehead atoms. The van der Waals surface area contributed by atoms with E-state index in [0.29, 0.717) is 0 Å². The lowest BCUT2D eigenvalue weighted by atomic mass is 9.68. The van der Waals surface area contributed by atoms with Gasteiger partial charge in [0.1, 0.15) is 5.75 Å². The summed E-state index contributed by atoms with van der Waals surface area (Å²) in [6.45, 7) is 18.0. The predicted octanol–water partition coefficient (Wildman–Crippen LogP) is 8.82. The van der Waals surface area contributed by atoms with Crippen LogP contribution in [0.5, 0.6) is 5.75 Å². The minimum atomic E-state index is -0.0668. The van der Waals surface area contributed by atoms with Gasteiger partial charge in [0.2, 0.25) is 0 Å². The highest BCUT2D eigenvalue weighted by atomic mass is 32.2. The molecule has 1 unspecified atom stereocenters. The zero-order valence-electron chi connectivity index (χ0n) is 26.0. The van der Waals surface area contributed by atoms with Gasteiger partial charge in [0.25, 0.3) is 0 Å². The van der Waals surface area contributed by atoms with Crippen LogP contribution in [0.1, 0.15) is 58.6 Å². The van der Waals surface area contributed by atoms with E-state index >= 15 is 0 Å². The standard InChI is InChI=1S/C36H47N3OS/c1-27(29(3)39(37-7)32-16-18-33(40-8)19-17-32)24-36(25-30-12-10-9-11-13-30)26-38(23-22-28(36)2)41-34-20-14-31(15-21-34)35(4,5)6/h9-21,37H,2,22-26H2,1,3-8H3/b29-27+. The predicted molar refractivity (Wildman–Crippen MR) is 176 cm³/mol. The summed E-state index contributed by atoms with van der Waals surface area (Å²) in [5.41, 5.74) is 11.2. The van der Waals surface area contributed by atoms with Crippen molar-refractivity contribution in [3.05, 3.63) is 113 Å². The van der Waals surface area contributed by atoms with Crippen LogP contribution >= 0.6 is 11.9 Å². The molecule has 1 aliphatic rings. The SMILES string of the molecule is C=C1CCN(Sc2ccc(C(C)(C)C)cc2)CC1(C/C(C)=C(\C)N(NC)c1ccc(OC)cc1)Cc1ccccc1. The van der Waals surface area contributed by atoms with Crippen LogP contribution in [0.4, 0.5) is 5.69 Å². The molecule has 0 amide bonds. The maximum absolute atomic E-state index is 5.38. The average molecular weight is 570 g/mol. The molecule has 41 heavy (non-hydrogen) atoms. The van der Waals surface area contributed by atoms with Gasteiger partial charge in [-0.25, -0.2) is 9.73 Å². The van der Waals surface area contributed by atoms with Crippen LogP contribution in [0.2, 0.25) is 0 Å². The lowest BCUT2D eigenvalue weighted by molar-refractivity contribution is 0.222. The molecule has 1 heterocycles. The van der Waals surface area contributed by atoms with Gasteiger partial charge in [-0.2, -0.15) is 0 Å². The second-order valence-corrected chi connectivity index (χ2v) is 13.5. The summed E-state index contributed by atoms with van der Waals surface area (Å²) in [5.74, 6) is 0.856. The Labute approximate surface area is 252 Å². The van der Waals surface area contributed by atoms with Crippen molar-refractivity contribution in [3.8, 4) is 5.75 Å². The van der Waals surface area contributed by atoms with Crippen LogP contribution in [0.3, 0.4) is 0 Å². The van der Waals surface area contributed by atoms with Gasteiger partial charge < -0.3 is 4.74 Å². The Balaban J connectivity index is 1.63. The molecule has 5 heteroatoms. The van der Waals surface area contributed by atoms with Gasteiger partial charge in [0, 0.05) is 36.1 Å². The van der Waals surface area contributed by atoms with Gasteiger partial charge >= 0.3 is 0 Å². The number of anilines is 1. The van der Waals surface area contributed by atoms with Crippen molar-refractivity contribution >= 4 is 17.6 Å². The van der Waals surface area contributed by atoms with Crippen LogP contribution in [-0.2, 0) is 11.8 Å². The lowest BCUT2D eigenvalue weighted by Gasteiger charge is -2.45. The monoisotopic (exact) mass is 569 g/mol. The van der Waals surface area contributed by atoms with Crippen molar-refractivity contribution < 1.29 is 4.74 Å². The Morgan fingerprint density at radius 1 is 1.00 bits per heavy atom. The first kappa shape index (κ1) is 31.0. The highest BCUT2D eigenvalue weighted by molar-refractivity contribution is 7.97. The topological polar surface area (TPSA) is 27.7 Å². The Kier molecular flexibility index (Phi) is 10.1. The third-order valence-corrected chi connectivity index (χ3v) is 9.40. The maximum Gasteiger partial charge on any atom is 0.119 e. The summed E-state index contributed by atoms with van der Waals surface area (Å²) in [6, 6.07) is 28.2. The zero-order chi connectivity index (χ0) is 29.6. The molecule has 0 spiro atoms. The second kappa shape index (κ2) is 13.3. The van der Waals surface area contributed by atoms with E-state index in [4.69, 9.17) is 11.3 Å². The molecule has 3 aromatic carbocycles. The van der Waals surface area contributed by atoms with E-state index in [1.54, 1.807) is 7.11 Å². The minimum Gasteiger partial charge on any atom is -0.497 e. The van der Waals surface area contributed by atoms with Crippen LogP contribution in [0, 0.1) is 5.41 Å². The third-order valence-electron chi connectivity index (χ3n) is 8.34. The Morgan fingerprint density at radius 3 is 2.24 bits per heavy atom. The molecule has 1 N–H and O–H groups in total. The van der Waals surface area contributed by atoms with E-state index in [0.717, 1.165) is 43.8 Å². The number of nitrogens with zero attached hydrogens (tertiary/aromatic N) is 2. The van der Waals surface area contributed by atoms with Crippen molar-refractivity contribution in [3.63, 3.8) is 0 Å². The first-order chi connectivity index (χ1) is 19.5. The second-order valence-electron chi connectivity index (χ2n) is 12.3. The number of allylic oxidation sites excluding steroid dienone is 2. The molecule has 218 valence electrons. The number of nitrogens with one attached hydrogen (secondary N) is 1. The van der Waals surface area contributed by atoms with E-state index in [9.17, 15) is 0 Å². The van der Waals surface area contributed by atoms with Crippen LogP contribution in [0.25, 0.3) is 0 Å². The van der Waals surface area contributed by atoms with Crippen LogP contribution in [0.15, 0.2) is 107 Å². The number of benzene rings is 3. The fourth-order valence-corrected chi connectivity index (χ4v) is 6.81. The summed E-state index contributed by atoms with van der Waals surface area (Å²) in [4.78, 5) is 1.29. The summed E-state index contributed by atoms with van der Waals surface area (Å²) < 4.78 is 7.94. The molecular weight excluding hydrogens is 522 g/mol. The van der Waals surface area contributed by atoms with Gasteiger partial charge in [-0.1, -0.05) is 81.0 Å². The smallest absolute Gasteiger partial charge is 0.119 e. The molecule has 0 radical (unpaired) electrons. The number of methoxy groups -OCH3 is 1. The summed E-state index contributed by atoms with van der Waals surface area (Å²) in [5, 5.41) is 2.17. The molecular formula is C36H47N3OS. The Hall–Kier alpha value is -2.99. The van der Waals surface area contributed by atoms with Crippen molar-refractivity contribution in [2.45, 2.75) is 64.2 Å². The fourth-order valence-electron chi connectivity index (χ4n) is 5.76.